The Morgan fingerprint density at radius 2 is 2.06 bits per heavy atom. The molecule has 1 spiro atoms. The van der Waals surface area contributed by atoms with Gasteiger partial charge in [-0.25, -0.2) is 18.8 Å². The summed E-state index contributed by atoms with van der Waals surface area (Å²) >= 11 is 6.01. The smallest absolute Gasteiger partial charge is 0.250 e. The molecular formula is C24H24ClF2N5. The van der Waals surface area contributed by atoms with Crippen molar-refractivity contribution in [3.63, 3.8) is 0 Å². The van der Waals surface area contributed by atoms with E-state index in [4.69, 9.17) is 22.3 Å². The number of pyridine rings is 1. The molecule has 3 N–H and O–H groups in total. The molecule has 1 saturated carbocycles. The fraction of sp³-hybridized carbons (Fsp3) is 0.333. The molecule has 1 unspecified atom stereocenters. The minimum Gasteiger partial charge on any atom is -0.399 e. The molecule has 2 aromatic rings. The second kappa shape index (κ2) is 7.04. The van der Waals surface area contributed by atoms with E-state index in [1.54, 1.807) is 12.1 Å². The number of halogens is 3. The van der Waals surface area contributed by atoms with Crippen LogP contribution in [0.4, 0.5) is 25.8 Å². The molecule has 5 nitrogen and oxygen atoms in total. The lowest BCUT2D eigenvalue weighted by atomic mass is 9.64. The van der Waals surface area contributed by atoms with Crippen LogP contribution in [-0.2, 0) is 0 Å². The summed E-state index contributed by atoms with van der Waals surface area (Å²) in [7, 11) is 0. The van der Waals surface area contributed by atoms with Crippen molar-refractivity contribution >= 4 is 46.3 Å². The van der Waals surface area contributed by atoms with Crippen LogP contribution >= 0.6 is 11.6 Å². The predicted octanol–water partition coefficient (Wildman–Crippen LogP) is 6.27. The molecule has 3 aliphatic rings. The zero-order valence-corrected chi connectivity index (χ0v) is 18.5. The number of aliphatic imine (C=N–C) groups is 1. The van der Waals surface area contributed by atoms with Gasteiger partial charge < -0.3 is 16.0 Å². The highest BCUT2D eigenvalue weighted by Crippen LogP contribution is 2.60. The average Bonchev–Trinajstić information content (AvgIpc) is 3.07. The van der Waals surface area contributed by atoms with Gasteiger partial charge in [0.25, 0.3) is 0 Å². The molecule has 1 aromatic carbocycles. The van der Waals surface area contributed by atoms with Crippen molar-refractivity contribution in [1.29, 1.82) is 0 Å². The fourth-order valence-electron chi connectivity index (χ4n) is 5.19. The van der Waals surface area contributed by atoms with Crippen LogP contribution in [-0.4, -0.2) is 28.2 Å². The van der Waals surface area contributed by atoms with E-state index in [0.717, 1.165) is 28.2 Å². The molecular weight excluding hydrogens is 432 g/mol. The van der Waals surface area contributed by atoms with Gasteiger partial charge in [-0.1, -0.05) is 24.8 Å². The number of hydrogen-bond acceptors (Lipinski definition) is 5. The van der Waals surface area contributed by atoms with Crippen LogP contribution in [0.2, 0.25) is 5.15 Å². The van der Waals surface area contributed by atoms with Crippen LogP contribution in [0.25, 0.3) is 11.8 Å². The maximum absolute atomic E-state index is 13.8. The number of amidine groups is 1. The first-order chi connectivity index (χ1) is 15.1. The molecule has 0 bridgehead atoms. The van der Waals surface area contributed by atoms with Crippen LogP contribution in [0.15, 0.2) is 42.4 Å². The van der Waals surface area contributed by atoms with Crippen molar-refractivity contribution in [1.82, 2.24) is 9.88 Å². The maximum Gasteiger partial charge on any atom is 0.250 e. The monoisotopic (exact) mass is 455 g/mol. The van der Waals surface area contributed by atoms with E-state index < -0.39 is 11.3 Å². The normalized spacial score (nSPS) is 20.8. The van der Waals surface area contributed by atoms with Crippen molar-refractivity contribution in [2.75, 3.05) is 17.6 Å². The number of anilines is 2. The first-order valence-corrected chi connectivity index (χ1v) is 10.9. The topological polar surface area (TPSA) is 66.5 Å². The Labute approximate surface area is 190 Å². The largest absolute Gasteiger partial charge is 0.399 e. The highest BCUT2D eigenvalue weighted by molar-refractivity contribution is 6.29. The summed E-state index contributed by atoms with van der Waals surface area (Å²) in [5, 5.41) is 3.82. The quantitative estimate of drug-likeness (QED) is 0.421. The van der Waals surface area contributed by atoms with Crippen molar-refractivity contribution in [2.45, 2.75) is 38.2 Å². The Morgan fingerprint density at radius 1 is 1.31 bits per heavy atom. The first-order valence-electron chi connectivity index (χ1n) is 10.6. The number of nitrogens with one attached hydrogen (secondary N) is 1. The van der Waals surface area contributed by atoms with Gasteiger partial charge in [0.1, 0.15) is 11.0 Å². The van der Waals surface area contributed by atoms with E-state index in [0.29, 0.717) is 35.3 Å². The van der Waals surface area contributed by atoms with Gasteiger partial charge in [-0.15, -0.1) is 0 Å². The highest BCUT2D eigenvalue weighted by Gasteiger charge is 2.63. The summed E-state index contributed by atoms with van der Waals surface area (Å²) in [4.78, 5) is 11.2. The van der Waals surface area contributed by atoms with Crippen LogP contribution in [0.1, 0.15) is 49.0 Å². The van der Waals surface area contributed by atoms with Crippen molar-refractivity contribution in [3.8, 4) is 0 Å². The predicted molar refractivity (Wildman–Crippen MR) is 126 cm³/mol. The number of nitrogens with zero attached hydrogens (tertiary/aromatic N) is 3. The fourth-order valence-corrected chi connectivity index (χ4v) is 5.34. The first kappa shape index (κ1) is 20.9. The summed E-state index contributed by atoms with van der Waals surface area (Å²) in [6.45, 7) is 10.7. The second-order valence-electron chi connectivity index (χ2n) is 8.92. The lowest BCUT2D eigenvalue weighted by molar-refractivity contribution is -0.131. The zero-order chi connectivity index (χ0) is 22.8. The zero-order valence-electron chi connectivity index (χ0n) is 17.8. The van der Waals surface area contributed by atoms with Gasteiger partial charge in [0.05, 0.1) is 23.1 Å². The third-order valence-electron chi connectivity index (χ3n) is 6.68. The Kier molecular flexibility index (Phi) is 4.60. The number of benzene rings is 1. The number of aromatic nitrogens is 1. The molecule has 0 amide bonds. The lowest BCUT2D eigenvalue weighted by Crippen LogP contribution is -2.51. The van der Waals surface area contributed by atoms with Gasteiger partial charge >= 0.3 is 0 Å². The highest BCUT2D eigenvalue weighted by atomic mass is 35.5. The van der Waals surface area contributed by atoms with E-state index in [1.807, 2.05) is 30.0 Å². The number of nitrogens with two attached hydrogens (primary N) is 1. The molecule has 8 heteroatoms. The molecule has 1 atom stereocenters. The molecule has 3 heterocycles. The summed E-state index contributed by atoms with van der Waals surface area (Å²) < 4.78 is 27.7. The average molecular weight is 456 g/mol. The number of nitrogen functional groups attached to an aromatic ring is 1. The van der Waals surface area contributed by atoms with Crippen LogP contribution in [0, 0.1) is 5.41 Å². The summed E-state index contributed by atoms with van der Waals surface area (Å²) in [6, 6.07) is 7.08. The van der Waals surface area contributed by atoms with E-state index in [9.17, 15) is 8.78 Å². The number of alkyl halides is 2. The Bertz CT molecular complexity index is 1180. The Balaban J connectivity index is 1.56. The molecule has 2 fully saturated rings. The minimum absolute atomic E-state index is 0.158. The number of fused-ring (bicyclic) bond motifs is 3. The molecule has 166 valence electrons. The number of rotatable bonds is 4. The Morgan fingerprint density at radius 3 is 2.75 bits per heavy atom. The van der Waals surface area contributed by atoms with Gasteiger partial charge in [0.15, 0.2) is 0 Å². The van der Waals surface area contributed by atoms with Crippen LogP contribution in [0.3, 0.4) is 0 Å². The molecule has 5 rings (SSSR count). The van der Waals surface area contributed by atoms with Crippen molar-refractivity contribution < 1.29 is 8.78 Å². The van der Waals surface area contributed by atoms with Gasteiger partial charge in [0, 0.05) is 47.3 Å². The SMILES string of the molecule is C=Cc1nc(Cl)ccc1NC(C)c1cc(N)cc2c1N=C1N(CCC13CC(F)(F)C3)C2=C. The van der Waals surface area contributed by atoms with Crippen molar-refractivity contribution in [3.05, 3.63) is 59.4 Å². The molecule has 1 aromatic heterocycles. The summed E-state index contributed by atoms with van der Waals surface area (Å²) in [5.41, 5.74) is 10.9. The maximum atomic E-state index is 13.8. The minimum atomic E-state index is -2.62. The molecule has 32 heavy (non-hydrogen) atoms. The third-order valence-corrected chi connectivity index (χ3v) is 6.89. The molecule has 1 aliphatic carbocycles. The van der Waals surface area contributed by atoms with E-state index in [2.05, 4.69) is 23.5 Å². The van der Waals surface area contributed by atoms with E-state index in [1.165, 1.54) is 0 Å². The third kappa shape index (κ3) is 3.18. The molecule has 0 radical (unpaired) electrons. The van der Waals surface area contributed by atoms with E-state index in [-0.39, 0.29) is 18.9 Å². The van der Waals surface area contributed by atoms with Gasteiger partial charge in [-0.3, -0.25) is 0 Å². The standard InChI is InChI=1S/C24H24ClF2N5/c1-4-18-19(5-6-20(25)30-18)29-13(2)16-9-15(28)10-17-14(3)32-8-7-23(11-24(26,27)12-23)22(32)31-21(16)17/h4-6,9-10,13,29H,1,3,7-8,11-12,28H2,2H3. The molecule has 1 saturated heterocycles. The number of hydrogen-bond donors (Lipinski definition) is 2. The van der Waals surface area contributed by atoms with Crippen LogP contribution < -0.4 is 11.1 Å². The summed E-state index contributed by atoms with van der Waals surface area (Å²) in [5.74, 6) is -1.92. The Hall–Kier alpha value is -2.93. The van der Waals surface area contributed by atoms with Gasteiger partial charge in [-0.05, 0) is 43.7 Å². The molecule has 2 aliphatic heterocycles. The van der Waals surface area contributed by atoms with Gasteiger partial charge in [-0.2, -0.15) is 0 Å². The summed E-state index contributed by atoms with van der Waals surface area (Å²) in [6.07, 6.45) is 1.98. The lowest BCUT2D eigenvalue weighted by Gasteiger charge is -2.46. The van der Waals surface area contributed by atoms with Crippen LogP contribution in [0.5, 0.6) is 0 Å². The van der Waals surface area contributed by atoms with Gasteiger partial charge in [0.2, 0.25) is 5.92 Å². The second-order valence-corrected chi connectivity index (χ2v) is 9.30. The van der Waals surface area contributed by atoms with Crippen molar-refractivity contribution in [2.24, 2.45) is 10.4 Å². The van der Waals surface area contributed by atoms with E-state index >= 15 is 0 Å².